The second-order valence-corrected chi connectivity index (χ2v) is 8.70. The lowest BCUT2D eigenvalue weighted by molar-refractivity contribution is 0.282. The number of thioether (sulfide) groups is 1. The summed E-state index contributed by atoms with van der Waals surface area (Å²) in [4.78, 5) is 0.150. The number of aliphatic hydroxyl groups excluding tert-OH is 1. The molecule has 0 saturated heterocycles. The van der Waals surface area contributed by atoms with Gasteiger partial charge in [-0.3, -0.25) is 0 Å². The summed E-state index contributed by atoms with van der Waals surface area (Å²) in [6.07, 6.45) is 2.98. The first kappa shape index (κ1) is 17.1. The van der Waals surface area contributed by atoms with Gasteiger partial charge in [0, 0.05) is 16.3 Å². The van der Waals surface area contributed by atoms with Gasteiger partial charge in [0.2, 0.25) is 10.0 Å². The van der Waals surface area contributed by atoms with Gasteiger partial charge in [0.1, 0.15) is 0 Å². The summed E-state index contributed by atoms with van der Waals surface area (Å²) in [5.41, 5.74) is 0.524. The average Bonchev–Trinajstić information content (AvgIpc) is 2.86. The molecule has 0 bridgehead atoms. The molecule has 1 fully saturated rings. The van der Waals surface area contributed by atoms with Crippen LogP contribution < -0.4 is 4.72 Å². The van der Waals surface area contributed by atoms with Crippen molar-refractivity contribution in [2.24, 2.45) is 0 Å². The number of rotatable bonds is 6. The van der Waals surface area contributed by atoms with Gasteiger partial charge in [-0.05, 0) is 36.3 Å². The minimum atomic E-state index is -3.57. The minimum absolute atomic E-state index is 0.0174. The highest BCUT2D eigenvalue weighted by molar-refractivity contribution is 8.00. The molecule has 0 radical (unpaired) electrons. The first-order valence-corrected chi connectivity index (χ1v) is 9.92. The molecular weight excluding hydrogens is 330 g/mol. The van der Waals surface area contributed by atoms with Crippen LogP contribution in [0.15, 0.2) is 23.1 Å². The van der Waals surface area contributed by atoms with Crippen LogP contribution in [0.3, 0.4) is 0 Å². The molecule has 7 heteroatoms. The number of hydrogen-bond donors (Lipinski definition) is 2. The van der Waals surface area contributed by atoms with Crippen molar-refractivity contribution in [2.75, 3.05) is 5.75 Å². The molecule has 0 spiro atoms. The van der Waals surface area contributed by atoms with E-state index in [1.807, 2.05) is 0 Å². The Bertz CT molecular complexity index is 592. The summed E-state index contributed by atoms with van der Waals surface area (Å²) >= 11 is 7.78. The highest BCUT2D eigenvalue weighted by atomic mass is 35.5. The van der Waals surface area contributed by atoms with Crippen molar-refractivity contribution in [3.63, 3.8) is 0 Å². The molecule has 0 heterocycles. The third-order valence-corrected chi connectivity index (χ3v) is 6.81. The molecular formula is C14H20ClNO3S2. The number of hydrogen-bond acceptors (Lipinski definition) is 4. The Balaban J connectivity index is 2.16. The van der Waals surface area contributed by atoms with Crippen molar-refractivity contribution in [1.82, 2.24) is 4.72 Å². The van der Waals surface area contributed by atoms with Crippen LogP contribution in [0, 0.1) is 0 Å². The van der Waals surface area contributed by atoms with E-state index in [2.05, 4.69) is 11.6 Å². The zero-order valence-electron chi connectivity index (χ0n) is 11.9. The van der Waals surface area contributed by atoms with Crippen molar-refractivity contribution in [3.8, 4) is 0 Å². The average molecular weight is 350 g/mol. The molecule has 21 heavy (non-hydrogen) atoms. The van der Waals surface area contributed by atoms with Crippen LogP contribution in [0.1, 0.15) is 31.7 Å². The van der Waals surface area contributed by atoms with E-state index >= 15 is 0 Å². The van der Waals surface area contributed by atoms with E-state index in [1.165, 1.54) is 12.1 Å². The van der Waals surface area contributed by atoms with Crippen LogP contribution >= 0.6 is 23.4 Å². The molecule has 2 atom stereocenters. The summed E-state index contributed by atoms with van der Waals surface area (Å²) in [6.45, 7) is 1.88. The molecule has 2 unspecified atom stereocenters. The number of sulfonamides is 1. The Morgan fingerprint density at radius 2 is 2.19 bits per heavy atom. The fourth-order valence-electron chi connectivity index (χ4n) is 2.57. The fraction of sp³-hybridized carbons (Fsp3) is 0.571. The minimum Gasteiger partial charge on any atom is -0.392 e. The lowest BCUT2D eigenvalue weighted by Crippen LogP contribution is -2.38. The third-order valence-electron chi connectivity index (χ3n) is 3.64. The topological polar surface area (TPSA) is 66.4 Å². The Hall–Kier alpha value is -0.270. The zero-order valence-corrected chi connectivity index (χ0v) is 14.3. The highest BCUT2D eigenvalue weighted by Gasteiger charge is 2.31. The standard InChI is InChI=1S/C14H20ClNO3S2/c1-2-20-14-5-3-4-13(14)16-21(18,19)11-7-6-10(9-17)12(15)8-11/h6-8,13-14,16-17H,2-5,9H2,1H3. The van der Waals surface area contributed by atoms with Crippen LogP contribution in [-0.2, 0) is 16.6 Å². The fourth-order valence-corrected chi connectivity index (χ4v) is 5.49. The van der Waals surface area contributed by atoms with Crippen LogP contribution in [0.2, 0.25) is 5.02 Å². The predicted molar refractivity (Wildman–Crippen MR) is 87.3 cm³/mol. The maximum atomic E-state index is 12.4. The first-order chi connectivity index (χ1) is 9.97. The summed E-state index contributed by atoms with van der Waals surface area (Å²) in [6, 6.07) is 4.41. The largest absolute Gasteiger partial charge is 0.392 e. The van der Waals surface area contributed by atoms with E-state index < -0.39 is 10.0 Å². The van der Waals surface area contributed by atoms with Gasteiger partial charge < -0.3 is 5.11 Å². The second-order valence-electron chi connectivity index (χ2n) is 5.06. The molecule has 4 nitrogen and oxygen atoms in total. The summed E-state index contributed by atoms with van der Waals surface area (Å²) in [5, 5.41) is 9.70. The maximum absolute atomic E-state index is 12.4. The van der Waals surface area contributed by atoms with Crippen LogP contribution in [0.4, 0.5) is 0 Å². The highest BCUT2D eigenvalue weighted by Crippen LogP contribution is 2.31. The molecule has 1 aliphatic rings. The summed E-state index contributed by atoms with van der Waals surface area (Å²) in [7, 11) is -3.57. The van der Waals surface area contributed by atoms with Gasteiger partial charge in [0.05, 0.1) is 11.5 Å². The summed E-state index contributed by atoms with van der Waals surface area (Å²) in [5.74, 6) is 0.986. The van der Waals surface area contributed by atoms with E-state index in [4.69, 9.17) is 16.7 Å². The molecule has 1 aromatic rings. The van der Waals surface area contributed by atoms with Gasteiger partial charge in [-0.1, -0.05) is 31.0 Å². The van der Waals surface area contributed by atoms with Crippen molar-refractivity contribution < 1.29 is 13.5 Å². The van der Waals surface area contributed by atoms with E-state index in [1.54, 1.807) is 17.8 Å². The van der Waals surface area contributed by atoms with Crippen molar-refractivity contribution in [1.29, 1.82) is 0 Å². The zero-order chi connectivity index (χ0) is 15.5. The Labute approximate surface area is 135 Å². The lowest BCUT2D eigenvalue weighted by Gasteiger charge is -2.20. The Morgan fingerprint density at radius 3 is 2.81 bits per heavy atom. The molecule has 0 aromatic heterocycles. The van der Waals surface area contributed by atoms with E-state index in [0.717, 1.165) is 25.0 Å². The SMILES string of the molecule is CCSC1CCCC1NS(=O)(=O)c1ccc(CO)c(Cl)c1. The molecule has 2 rings (SSSR count). The van der Waals surface area contributed by atoms with Gasteiger partial charge in [-0.2, -0.15) is 11.8 Å². The number of benzene rings is 1. The van der Waals surface area contributed by atoms with Crippen molar-refractivity contribution in [3.05, 3.63) is 28.8 Å². The molecule has 1 aromatic carbocycles. The van der Waals surface area contributed by atoms with Crippen LogP contribution in [-0.4, -0.2) is 30.6 Å². The van der Waals surface area contributed by atoms with E-state index in [-0.39, 0.29) is 22.6 Å². The van der Waals surface area contributed by atoms with Gasteiger partial charge in [0.25, 0.3) is 0 Å². The molecule has 0 amide bonds. The number of halogens is 1. The first-order valence-electron chi connectivity index (χ1n) is 7.01. The molecule has 2 N–H and O–H groups in total. The van der Waals surface area contributed by atoms with E-state index in [0.29, 0.717) is 10.8 Å². The monoisotopic (exact) mass is 349 g/mol. The normalized spacial score (nSPS) is 22.6. The molecule has 1 saturated carbocycles. The van der Waals surface area contributed by atoms with Gasteiger partial charge in [-0.15, -0.1) is 0 Å². The third kappa shape index (κ3) is 4.13. The quantitative estimate of drug-likeness (QED) is 0.828. The molecule has 0 aliphatic heterocycles. The van der Waals surface area contributed by atoms with Crippen LogP contribution in [0.5, 0.6) is 0 Å². The van der Waals surface area contributed by atoms with E-state index in [9.17, 15) is 8.42 Å². The second kappa shape index (κ2) is 7.33. The van der Waals surface area contributed by atoms with Gasteiger partial charge >= 0.3 is 0 Å². The smallest absolute Gasteiger partial charge is 0.240 e. The Morgan fingerprint density at radius 1 is 1.43 bits per heavy atom. The number of nitrogens with one attached hydrogen (secondary N) is 1. The van der Waals surface area contributed by atoms with Gasteiger partial charge in [0.15, 0.2) is 0 Å². The predicted octanol–water partition coefficient (Wildman–Crippen LogP) is 2.78. The lowest BCUT2D eigenvalue weighted by atomic mass is 10.2. The Kier molecular flexibility index (Phi) is 5.96. The summed E-state index contributed by atoms with van der Waals surface area (Å²) < 4.78 is 27.7. The molecule has 1 aliphatic carbocycles. The van der Waals surface area contributed by atoms with Gasteiger partial charge in [-0.25, -0.2) is 13.1 Å². The molecule has 118 valence electrons. The number of aliphatic hydroxyl groups is 1. The van der Waals surface area contributed by atoms with Crippen LogP contribution in [0.25, 0.3) is 0 Å². The maximum Gasteiger partial charge on any atom is 0.240 e. The van der Waals surface area contributed by atoms with Crippen molar-refractivity contribution in [2.45, 2.75) is 49.0 Å². The van der Waals surface area contributed by atoms with Crippen molar-refractivity contribution >= 4 is 33.4 Å².